The van der Waals surface area contributed by atoms with E-state index in [0.29, 0.717) is 42.0 Å². The molecule has 1 aliphatic heterocycles. The SMILES string of the molecule is COCCCOc1cccc2c3n(nc12)C1CCC(C)(C)C1n1cc(C(=O)O)c(=O)c(F)c1-3. The summed E-state index contributed by atoms with van der Waals surface area (Å²) in [4.78, 5) is 24.3. The van der Waals surface area contributed by atoms with Crippen LogP contribution in [0.4, 0.5) is 4.39 Å². The van der Waals surface area contributed by atoms with Crippen LogP contribution in [0.2, 0.25) is 0 Å². The normalized spacial score (nSPS) is 20.4. The minimum Gasteiger partial charge on any atom is -0.491 e. The number of carboxylic acid groups (broad SMARTS) is 1. The molecule has 2 atom stereocenters. The molecule has 0 amide bonds. The second-order valence-corrected chi connectivity index (χ2v) is 9.43. The molecule has 5 rings (SSSR count). The Morgan fingerprint density at radius 1 is 1.30 bits per heavy atom. The highest BCUT2D eigenvalue weighted by Crippen LogP contribution is 2.57. The van der Waals surface area contributed by atoms with E-state index in [4.69, 9.17) is 14.6 Å². The van der Waals surface area contributed by atoms with Gasteiger partial charge in [-0.1, -0.05) is 26.0 Å². The van der Waals surface area contributed by atoms with E-state index in [1.54, 1.807) is 11.7 Å². The van der Waals surface area contributed by atoms with E-state index in [-0.39, 0.29) is 23.2 Å². The summed E-state index contributed by atoms with van der Waals surface area (Å²) < 4.78 is 30.1. The van der Waals surface area contributed by atoms with Crippen LogP contribution >= 0.6 is 0 Å². The highest BCUT2D eigenvalue weighted by molar-refractivity contribution is 5.97. The molecular weight excluding hydrogens is 429 g/mol. The molecule has 0 bridgehead atoms. The monoisotopic (exact) mass is 455 g/mol. The number of nitrogens with zero attached hydrogens (tertiary/aromatic N) is 3. The van der Waals surface area contributed by atoms with Gasteiger partial charge in [-0.25, -0.2) is 9.18 Å². The number of carboxylic acids is 1. The lowest BCUT2D eigenvalue weighted by atomic mass is 9.84. The lowest BCUT2D eigenvalue weighted by molar-refractivity contribution is 0.0692. The van der Waals surface area contributed by atoms with Gasteiger partial charge >= 0.3 is 5.97 Å². The van der Waals surface area contributed by atoms with E-state index in [1.165, 1.54) is 6.20 Å². The summed E-state index contributed by atoms with van der Waals surface area (Å²) in [6.07, 6.45) is 3.68. The van der Waals surface area contributed by atoms with Crippen molar-refractivity contribution in [3.63, 3.8) is 0 Å². The summed E-state index contributed by atoms with van der Waals surface area (Å²) in [5, 5.41) is 15.0. The number of pyridine rings is 1. The van der Waals surface area contributed by atoms with Crippen molar-refractivity contribution < 1.29 is 23.8 Å². The lowest BCUT2D eigenvalue weighted by Gasteiger charge is -2.39. The third-order valence-corrected chi connectivity index (χ3v) is 6.94. The number of aromatic carboxylic acids is 1. The summed E-state index contributed by atoms with van der Waals surface area (Å²) >= 11 is 0. The minimum atomic E-state index is -1.43. The van der Waals surface area contributed by atoms with Crippen LogP contribution in [0.3, 0.4) is 0 Å². The van der Waals surface area contributed by atoms with E-state index in [2.05, 4.69) is 13.8 Å². The molecule has 3 aromatic rings. The standard InChI is InChI=1S/C24H26FN3O5/c1-24(2)9-8-15-22(24)27-12-14(23(30)31)21(29)17(25)20(27)19-13-6-4-7-16(18(13)26-28(15)19)33-11-5-10-32-3/h4,6-7,12,15,22H,5,8-11H2,1-3H3,(H,30,31). The van der Waals surface area contributed by atoms with Gasteiger partial charge in [-0.3, -0.25) is 9.48 Å². The van der Waals surface area contributed by atoms with E-state index in [0.717, 1.165) is 12.8 Å². The Balaban J connectivity index is 1.77. The number of aromatic nitrogens is 3. The maximum absolute atomic E-state index is 15.6. The van der Waals surface area contributed by atoms with Gasteiger partial charge in [0, 0.05) is 31.7 Å². The fraction of sp³-hybridized carbons (Fsp3) is 0.458. The van der Waals surface area contributed by atoms with Gasteiger partial charge in [0.2, 0.25) is 5.43 Å². The van der Waals surface area contributed by atoms with Crippen molar-refractivity contribution >= 4 is 16.9 Å². The van der Waals surface area contributed by atoms with Crippen molar-refractivity contribution in [1.29, 1.82) is 0 Å². The molecule has 1 N–H and O–H groups in total. The Morgan fingerprint density at radius 2 is 2.09 bits per heavy atom. The molecule has 3 heterocycles. The van der Waals surface area contributed by atoms with Crippen LogP contribution in [-0.4, -0.2) is 45.7 Å². The average Bonchev–Trinajstić information content (AvgIpc) is 3.31. The quantitative estimate of drug-likeness (QED) is 0.564. The number of methoxy groups -OCH3 is 1. The second kappa shape index (κ2) is 7.69. The molecule has 9 heteroatoms. The van der Waals surface area contributed by atoms with E-state index >= 15 is 4.39 Å². The molecule has 2 aliphatic rings. The van der Waals surface area contributed by atoms with Crippen molar-refractivity contribution in [1.82, 2.24) is 14.3 Å². The fourth-order valence-electron chi connectivity index (χ4n) is 5.44. The Morgan fingerprint density at radius 3 is 2.82 bits per heavy atom. The zero-order valence-electron chi connectivity index (χ0n) is 18.8. The van der Waals surface area contributed by atoms with E-state index in [9.17, 15) is 14.7 Å². The van der Waals surface area contributed by atoms with Gasteiger partial charge in [0.05, 0.1) is 24.4 Å². The van der Waals surface area contributed by atoms with Crippen LogP contribution in [0.25, 0.3) is 22.3 Å². The van der Waals surface area contributed by atoms with Gasteiger partial charge in [0.1, 0.15) is 22.5 Å². The third-order valence-electron chi connectivity index (χ3n) is 6.94. The summed E-state index contributed by atoms with van der Waals surface area (Å²) in [7, 11) is 1.63. The zero-order valence-corrected chi connectivity index (χ0v) is 18.8. The van der Waals surface area contributed by atoms with Gasteiger partial charge in [-0.05, 0) is 24.3 Å². The number of hydrogen-bond donors (Lipinski definition) is 1. The minimum absolute atomic E-state index is 0.0836. The predicted octanol–water partition coefficient (Wildman–Crippen LogP) is 4.03. The van der Waals surface area contributed by atoms with Gasteiger partial charge < -0.3 is 19.1 Å². The number of rotatable bonds is 6. The average molecular weight is 455 g/mol. The molecule has 2 aromatic heterocycles. The topological polar surface area (TPSA) is 95.6 Å². The summed E-state index contributed by atoms with van der Waals surface area (Å²) in [6.45, 7) is 5.18. The van der Waals surface area contributed by atoms with Gasteiger partial charge in [0.25, 0.3) is 0 Å². The number of fused-ring (bicyclic) bond motifs is 8. The molecule has 1 aliphatic carbocycles. The summed E-state index contributed by atoms with van der Waals surface area (Å²) in [6, 6.07) is 5.12. The molecule has 1 aromatic carbocycles. The molecule has 8 nitrogen and oxygen atoms in total. The van der Waals surface area contributed by atoms with Gasteiger partial charge in [-0.15, -0.1) is 0 Å². The van der Waals surface area contributed by atoms with Crippen LogP contribution in [0.15, 0.2) is 29.2 Å². The molecule has 2 unspecified atom stereocenters. The van der Waals surface area contributed by atoms with Crippen LogP contribution in [0.5, 0.6) is 5.75 Å². The second-order valence-electron chi connectivity index (χ2n) is 9.43. The first-order valence-electron chi connectivity index (χ1n) is 11.1. The Hall–Kier alpha value is -3.20. The molecule has 1 fully saturated rings. The predicted molar refractivity (Wildman–Crippen MR) is 119 cm³/mol. The van der Waals surface area contributed by atoms with Crippen molar-refractivity contribution in [3.05, 3.63) is 46.0 Å². The first kappa shape index (κ1) is 21.6. The number of carbonyl (C=O) groups is 1. The number of hydrogen-bond acceptors (Lipinski definition) is 5. The lowest BCUT2D eigenvalue weighted by Crippen LogP contribution is -2.36. The molecule has 174 valence electrons. The molecular formula is C24H26FN3O5. The number of ether oxygens (including phenoxy) is 2. The Labute approximate surface area is 189 Å². The molecule has 0 radical (unpaired) electrons. The first-order chi connectivity index (χ1) is 15.8. The first-order valence-corrected chi connectivity index (χ1v) is 11.1. The number of halogens is 1. The van der Waals surface area contributed by atoms with Crippen molar-refractivity contribution in [2.75, 3.05) is 20.3 Å². The van der Waals surface area contributed by atoms with Crippen molar-refractivity contribution in [3.8, 4) is 17.1 Å². The van der Waals surface area contributed by atoms with Crippen LogP contribution in [0.1, 0.15) is 55.6 Å². The van der Waals surface area contributed by atoms with Crippen LogP contribution in [-0.2, 0) is 4.74 Å². The highest BCUT2D eigenvalue weighted by Gasteiger charge is 2.49. The maximum atomic E-state index is 15.6. The molecule has 1 saturated carbocycles. The maximum Gasteiger partial charge on any atom is 0.341 e. The molecule has 33 heavy (non-hydrogen) atoms. The van der Waals surface area contributed by atoms with Crippen molar-refractivity contribution in [2.24, 2.45) is 5.41 Å². The molecule has 0 spiro atoms. The smallest absolute Gasteiger partial charge is 0.341 e. The third kappa shape index (κ3) is 3.17. The number of benzene rings is 1. The van der Waals surface area contributed by atoms with E-state index < -0.39 is 22.8 Å². The van der Waals surface area contributed by atoms with Crippen LogP contribution < -0.4 is 10.2 Å². The highest BCUT2D eigenvalue weighted by atomic mass is 19.1. The van der Waals surface area contributed by atoms with E-state index in [1.807, 2.05) is 22.9 Å². The summed E-state index contributed by atoms with van der Waals surface area (Å²) in [5.74, 6) is -1.92. The summed E-state index contributed by atoms with van der Waals surface area (Å²) in [5.41, 5.74) is -0.756. The van der Waals surface area contributed by atoms with Gasteiger partial charge in [0.15, 0.2) is 5.82 Å². The Kier molecular flexibility index (Phi) is 5.04. The largest absolute Gasteiger partial charge is 0.491 e. The van der Waals surface area contributed by atoms with Crippen molar-refractivity contribution in [2.45, 2.75) is 45.2 Å². The fourth-order valence-corrected chi connectivity index (χ4v) is 5.44. The Bertz CT molecular complexity index is 1330. The molecule has 0 saturated heterocycles. The van der Waals surface area contributed by atoms with Crippen LogP contribution in [0, 0.1) is 11.2 Å². The zero-order chi connectivity index (χ0) is 23.5. The van der Waals surface area contributed by atoms with Gasteiger partial charge in [-0.2, -0.15) is 5.10 Å².